The standard InChI is InChI=1S/C21H30N2O2/c1-20(2,3)16-8-10-17(11-9-16)22-18(24)21(12-13-21)19(25)23-14-6-4-5-7-15-23/h8-11H,4-7,12-15H2,1-3H3,(H,22,24). The van der Waals surface area contributed by atoms with Crippen molar-refractivity contribution in [3.8, 4) is 0 Å². The minimum absolute atomic E-state index is 0.0400. The molecule has 0 bridgehead atoms. The molecule has 2 fully saturated rings. The van der Waals surface area contributed by atoms with Gasteiger partial charge in [0.1, 0.15) is 5.41 Å². The third-order valence-corrected chi connectivity index (χ3v) is 5.50. The molecule has 0 radical (unpaired) electrons. The van der Waals surface area contributed by atoms with Crippen molar-refractivity contribution >= 4 is 17.5 Å². The van der Waals surface area contributed by atoms with Crippen LogP contribution in [0, 0.1) is 5.41 Å². The Morgan fingerprint density at radius 2 is 1.52 bits per heavy atom. The molecule has 136 valence electrons. The smallest absolute Gasteiger partial charge is 0.240 e. The summed E-state index contributed by atoms with van der Waals surface area (Å²) in [5, 5.41) is 2.97. The molecule has 1 aliphatic heterocycles. The van der Waals surface area contributed by atoms with Crippen molar-refractivity contribution in [1.82, 2.24) is 4.90 Å². The number of hydrogen-bond acceptors (Lipinski definition) is 2. The second-order valence-electron chi connectivity index (χ2n) is 8.57. The summed E-state index contributed by atoms with van der Waals surface area (Å²) in [7, 11) is 0. The number of hydrogen-bond donors (Lipinski definition) is 1. The lowest BCUT2D eigenvalue weighted by molar-refractivity contribution is -0.142. The lowest BCUT2D eigenvalue weighted by Crippen LogP contribution is -2.43. The summed E-state index contributed by atoms with van der Waals surface area (Å²) in [6.45, 7) is 8.10. The lowest BCUT2D eigenvalue weighted by Gasteiger charge is -2.25. The zero-order valence-electron chi connectivity index (χ0n) is 15.7. The summed E-state index contributed by atoms with van der Waals surface area (Å²) in [5.74, 6) is -0.0940. The molecule has 1 saturated carbocycles. The van der Waals surface area contributed by atoms with E-state index in [4.69, 9.17) is 0 Å². The molecule has 0 aromatic heterocycles. The fourth-order valence-corrected chi connectivity index (χ4v) is 3.54. The van der Waals surface area contributed by atoms with Crippen molar-refractivity contribution in [3.63, 3.8) is 0 Å². The van der Waals surface area contributed by atoms with E-state index in [1.165, 1.54) is 18.4 Å². The van der Waals surface area contributed by atoms with Crippen LogP contribution in [0.3, 0.4) is 0 Å². The number of nitrogens with one attached hydrogen (secondary N) is 1. The highest BCUT2D eigenvalue weighted by Crippen LogP contribution is 2.48. The molecule has 1 heterocycles. The Morgan fingerprint density at radius 1 is 0.960 bits per heavy atom. The fraction of sp³-hybridized carbons (Fsp3) is 0.619. The fourth-order valence-electron chi connectivity index (χ4n) is 3.54. The van der Waals surface area contributed by atoms with E-state index in [9.17, 15) is 9.59 Å². The maximum absolute atomic E-state index is 12.9. The Kier molecular flexibility index (Phi) is 4.90. The van der Waals surface area contributed by atoms with Gasteiger partial charge in [-0.2, -0.15) is 0 Å². The van der Waals surface area contributed by atoms with E-state index < -0.39 is 5.41 Å². The van der Waals surface area contributed by atoms with E-state index in [0.29, 0.717) is 12.8 Å². The number of rotatable bonds is 3. The highest BCUT2D eigenvalue weighted by molar-refractivity contribution is 6.13. The predicted molar refractivity (Wildman–Crippen MR) is 100 cm³/mol. The minimum atomic E-state index is -0.812. The number of carbonyl (C=O) groups excluding carboxylic acids is 2. The van der Waals surface area contributed by atoms with Crippen LogP contribution in [0.15, 0.2) is 24.3 Å². The molecule has 4 nitrogen and oxygen atoms in total. The summed E-state index contributed by atoms with van der Waals surface area (Å²) in [5.41, 5.74) is 1.27. The van der Waals surface area contributed by atoms with Gasteiger partial charge in [0.05, 0.1) is 0 Å². The lowest BCUT2D eigenvalue weighted by atomic mass is 9.87. The van der Waals surface area contributed by atoms with Crippen LogP contribution in [0.25, 0.3) is 0 Å². The number of amides is 2. The van der Waals surface area contributed by atoms with Gasteiger partial charge in [-0.05, 0) is 48.8 Å². The van der Waals surface area contributed by atoms with Gasteiger partial charge in [-0.15, -0.1) is 0 Å². The van der Waals surface area contributed by atoms with Crippen molar-refractivity contribution in [2.75, 3.05) is 18.4 Å². The van der Waals surface area contributed by atoms with E-state index >= 15 is 0 Å². The van der Waals surface area contributed by atoms with E-state index in [1.54, 1.807) is 0 Å². The molecule has 1 aromatic rings. The first kappa shape index (κ1) is 18.0. The first-order valence-corrected chi connectivity index (χ1v) is 9.54. The third-order valence-electron chi connectivity index (χ3n) is 5.50. The van der Waals surface area contributed by atoms with Gasteiger partial charge in [0.15, 0.2) is 0 Å². The monoisotopic (exact) mass is 342 g/mol. The van der Waals surface area contributed by atoms with Gasteiger partial charge in [0.25, 0.3) is 0 Å². The number of benzene rings is 1. The summed E-state index contributed by atoms with van der Waals surface area (Å²) >= 11 is 0. The first-order chi connectivity index (χ1) is 11.8. The molecule has 1 N–H and O–H groups in total. The normalized spacial score (nSPS) is 19.9. The Hall–Kier alpha value is -1.84. The third kappa shape index (κ3) is 3.88. The number of anilines is 1. The highest BCUT2D eigenvalue weighted by Gasteiger charge is 2.57. The Balaban J connectivity index is 1.67. The van der Waals surface area contributed by atoms with Gasteiger partial charge >= 0.3 is 0 Å². The second kappa shape index (κ2) is 6.81. The maximum Gasteiger partial charge on any atom is 0.240 e. The van der Waals surface area contributed by atoms with E-state index in [0.717, 1.165) is 31.6 Å². The van der Waals surface area contributed by atoms with Crippen LogP contribution in [-0.4, -0.2) is 29.8 Å². The topological polar surface area (TPSA) is 49.4 Å². The quantitative estimate of drug-likeness (QED) is 0.841. The molecule has 25 heavy (non-hydrogen) atoms. The number of carbonyl (C=O) groups is 2. The van der Waals surface area contributed by atoms with Crippen molar-refractivity contribution in [2.45, 2.75) is 64.7 Å². The van der Waals surface area contributed by atoms with E-state index in [1.807, 2.05) is 29.2 Å². The van der Waals surface area contributed by atoms with Crippen LogP contribution < -0.4 is 5.32 Å². The highest BCUT2D eigenvalue weighted by atomic mass is 16.2. The number of likely N-dealkylation sites (tertiary alicyclic amines) is 1. The second-order valence-corrected chi connectivity index (χ2v) is 8.57. The molecule has 4 heteroatoms. The predicted octanol–water partition coefficient (Wildman–Crippen LogP) is 4.11. The van der Waals surface area contributed by atoms with Crippen LogP contribution >= 0.6 is 0 Å². The molecule has 0 unspecified atom stereocenters. The van der Waals surface area contributed by atoms with Crippen molar-refractivity contribution < 1.29 is 9.59 Å². The average Bonchev–Trinajstić information content (AvgIpc) is 3.39. The summed E-state index contributed by atoms with van der Waals surface area (Å²) in [6, 6.07) is 7.97. The first-order valence-electron chi connectivity index (χ1n) is 9.54. The van der Waals surface area contributed by atoms with Gasteiger partial charge in [-0.25, -0.2) is 0 Å². The average molecular weight is 342 g/mol. The van der Waals surface area contributed by atoms with E-state index in [-0.39, 0.29) is 17.2 Å². The molecule has 3 rings (SSSR count). The van der Waals surface area contributed by atoms with Gasteiger partial charge < -0.3 is 10.2 Å². The molecular weight excluding hydrogens is 312 g/mol. The molecule has 1 saturated heterocycles. The summed E-state index contributed by atoms with van der Waals surface area (Å²) < 4.78 is 0. The summed E-state index contributed by atoms with van der Waals surface area (Å²) in [4.78, 5) is 27.6. The Morgan fingerprint density at radius 3 is 2.00 bits per heavy atom. The molecule has 2 amide bonds. The van der Waals surface area contributed by atoms with Crippen LogP contribution in [0.2, 0.25) is 0 Å². The Labute approximate surface area is 151 Å². The van der Waals surface area contributed by atoms with Crippen LogP contribution in [0.5, 0.6) is 0 Å². The van der Waals surface area contributed by atoms with Crippen molar-refractivity contribution in [1.29, 1.82) is 0 Å². The molecule has 0 atom stereocenters. The largest absolute Gasteiger partial charge is 0.342 e. The Bertz CT molecular complexity index is 631. The van der Waals surface area contributed by atoms with Crippen LogP contribution in [0.1, 0.15) is 64.9 Å². The molecule has 0 spiro atoms. The number of nitrogens with zero attached hydrogens (tertiary/aromatic N) is 1. The molecule has 2 aliphatic rings. The van der Waals surface area contributed by atoms with Gasteiger partial charge in [0, 0.05) is 18.8 Å². The van der Waals surface area contributed by atoms with Gasteiger partial charge in [-0.1, -0.05) is 45.7 Å². The van der Waals surface area contributed by atoms with Gasteiger partial charge in [-0.3, -0.25) is 9.59 Å². The summed E-state index contributed by atoms with van der Waals surface area (Å²) in [6.07, 6.45) is 5.82. The zero-order chi connectivity index (χ0) is 18.1. The van der Waals surface area contributed by atoms with Crippen LogP contribution in [0.4, 0.5) is 5.69 Å². The molecule has 1 aromatic carbocycles. The maximum atomic E-state index is 12.9. The molecular formula is C21H30N2O2. The van der Waals surface area contributed by atoms with E-state index in [2.05, 4.69) is 26.1 Å². The zero-order valence-corrected chi connectivity index (χ0v) is 15.7. The molecule has 1 aliphatic carbocycles. The SMILES string of the molecule is CC(C)(C)c1ccc(NC(=O)C2(C(=O)N3CCCCCC3)CC2)cc1. The van der Waals surface area contributed by atoms with Crippen molar-refractivity contribution in [3.05, 3.63) is 29.8 Å². The van der Waals surface area contributed by atoms with Crippen LogP contribution in [-0.2, 0) is 15.0 Å². The van der Waals surface area contributed by atoms with Gasteiger partial charge in [0.2, 0.25) is 11.8 Å². The van der Waals surface area contributed by atoms with Crippen molar-refractivity contribution in [2.24, 2.45) is 5.41 Å². The minimum Gasteiger partial charge on any atom is -0.342 e.